The largest absolute Gasteiger partial charge is 0.354 e. The molecule has 1 saturated heterocycles. The van der Waals surface area contributed by atoms with Gasteiger partial charge in [0.05, 0.1) is 16.8 Å². The Morgan fingerprint density at radius 3 is 2.80 bits per heavy atom. The lowest BCUT2D eigenvalue weighted by Gasteiger charge is -2.28. The second kappa shape index (κ2) is 6.02. The molecule has 5 nitrogen and oxygen atoms in total. The lowest BCUT2D eigenvalue weighted by molar-refractivity contribution is 0.103. The van der Waals surface area contributed by atoms with Crippen molar-refractivity contribution in [1.82, 2.24) is 10.3 Å². The van der Waals surface area contributed by atoms with E-state index in [0.717, 1.165) is 37.7 Å². The molecule has 2 aromatic heterocycles. The van der Waals surface area contributed by atoms with Crippen molar-refractivity contribution in [3.05, 3.63) is 40.7 Å². The van der Waals surface area contributed by atoms with Gasteiger partial charge >= 0.3 is 0 Å². The van der Waals surface area contributed by atoms with Crippen LogP contribution in [0.2, 0.25) is 0 Å². The molecule has 104 valence electrons. The van der Waals surface area contributed by atoms with Gasteiger partial charge in [0.2, 0.25) is 0 Å². The molecule has 20 heavy (non-hydrogen) atoms. The third-order valence-electron chi connectivity index (χ3n) is 3.19. The predicted molar refractivity (Wildman–Crippen MR) is 81.6 cm³/mol. The molecule has 0 spiro atoms. The molecule has 3 heterocycles. The highest BCUT2D eigenvalue weighted by molar-refractivity contribution is 7.12. The molecular formula is C14H16N4OS. The number of thiophene rings is 1. The normalized spacial score (nSPS) is 15.1. The quantitative estimate of drug-likeness (QED) is 0.904. The van der Waals surface area contributed by atoms with Crippen molar-refractivity contribution in [2.75, 3.05) is 36.4 Å². The zero-order valence-electron chi connectivity index (χ0n) is 11.0. The van der Waals surface area contributed by atoms with Crippen LogP contribution in [-0.2, 0) is 0 Å². The number of aromatic nitrogens is 1. The maximum atomic E-state index is 11.9. The third kappa shape index (κ3) is 2.97. The van der Waals surface area contributed by atoms with Crippen molar-refractivity contribution in [3.8, 4) is 0 Å². The van der Waals surface area contributed by atoms with E-state index in [1.165, 1.54) is 11.3 Å². The number of anilines is 2. The number of hydrogen-bond donors (Lipinski definition) is 2. The highest BCUT2D eigenvalue weighted by atomic mass is 32.1. The minimum atomic E-state index is -0.0864. The molecule has 0 unspecified atom stereocenters. The van der Waals surface area contributed by atoms with Crippen molar-refractivity contribution < 1.29 is 4.79 Å². The zero-order valence-corrected chi connectivity index (χ0v) is 11.8. The van der Waals surface area contributed by atoms with Gasteiger partial charge in [-0.2, -0.15) is 0 Å². The summed E-state index contributed by atoms with van der Waals surface area (Å²) in [5, 5.41) is 8.05. The second-order valence-corrected chi connectivity index (χ2v) is 5.52. The molecule has 0 atom stereocenters. The number of amides is 1. The summed E-state index contributed by atoms with van der Waals surface area (Å²) in [5.74, 6) is 0.873. The van der Waals surface area contributed by atoms with E-state index in [-0.39, 0.29) is 5.91 Å². The summed E-state index contributed by atoms with van der Waals surface area (Å²) in [5.41, 5.74) is 0.724. The maximum absolute atomic E-state index is 11.9. The van der Waals surface area contributed by atoms with Crippen LogP contribution in [0.4, 0.5) is 11.5 Å². The first-order valence-corrected chi connectivity index (χ1v) is 7.47. The minimum Gasteiger partial charge on any atom is -0.354 e. The number of carbonyl (C=O) groups excluding carboxylic acids is 1. The third-order valence-corrected chi connectivity index (χ3v) is 4.06. The lowest BCUT2D eigenvalue weighted by atomic mass is 10.3. The number of carbonyl (C=O) groups is 1. The Labute approximate surface area is 121 Å². The first kappa shape index (κ1) is 13.1. The van der Waals surface area contributed by atoms with E-state index in [1.807, 2.05) is 29.6 Å². The molecule has 3 rings (SSSR count). The molecule has 2 aromatic rings. The summed E-state index contributed by atoms with van der Waals surface area (Å²) in [4.78, 5) is 19.3. The van der Waals surface area contributed by atoms with Crippen LogP contribution in [0, 0.1) is 0 Å². The highest BCUT2D eigenvalue weighted by Gasteiger charge is 2.12. The number of piperazine rings is 1. The fraction of sp³-hybridized carbons (Fsp3) is 0.286. The number of rotatable bonds is 3. The lowest BCUT2D eigenvalue weighted by Crippen LogP contribution is -2.43. The van der Waals surface area contributed by atoms with Crippen LogP contribution in [0.15, 0.2) is 35.8 Å². The van der Waals surface area contributed by atoms with E-state index in [9.17, 15) is 4.79 Å². The summed E-state index contributed by atoms with van der Waals surface area (Å²) < 4.78 is 0. The van der Waals surface area contributed by atoms with Crippen LogP contribution in [0.3, 0.4) is 0 Å². The smallest absolute Gasteiger partial charge is 0.265 e. The van der Waals surface area contributed by atoms with Gasteiger partial charge in [-0.3, -0.25) is 4.79 Å². The molecular weight excluding hydrogens is 272 g/mol. The first-order valence-electron chi connectivity index (χ1n) is 6.59. The number of hydrogen-bond acceptors (Lipinski definition) is 5. The van der Waals surface area contributed by atoms with Gasteiger partial charge in [-0.25, -0.2) is 4.98 Å². The van der Waals surface area contributed by atoms with Crippen molar-refractivity contribution >= 4 is 28.7 Å². The van der Waals surface area contributed by atoms with Crippen LogP contribution in [0.5, 0.6) is 0 Å². The number of pyridine rings is 1. The maximum Gasteiger partial charge on any atom is 0.265 e. The first-order chi connectivity index (χ1) is 9.83. The van der Waals surface area contributed by atoms with E-state index in [1.54, 1.807) is 6.20 Å². The predicted octanol–water partition coefficient (Wildman–Crippen LogP) is 1.80. The Morgan fingerprint density at radius 2 is 2.15 bits per heavy atom. The average molecular weight is 288 g/mol. The van der Waals surface area contributed by atoms with Crippen LogP contribution in [0.1, 0.15) is 9.67 Å². The van der Waals surface area contributed by atoms with Crippen LogP contribution in [-0.4, -0.2) is 37.1 Å². The Bertz CT molecular complexity index is 561. The van der Waals surface area contributed by atoms with Crippen molar-refractivity contribution in [2.45, 2.75) is 0 Å². The standard InChI is InChI=1S/C14H16N4OS/c19-14(12-2-1-9-20-12)17-11-3-4-13(16-10-11)18-7-5-15-6-8-18/h1-4,9-10,15H,5-8H2,(H,17,19). The van der Waals surface area contributed by atoms with Gasteiger partial charge in [0, 0.05) is 26.2 Å². The Balaban J connectivity index is 1.65. The Hall–Kier alpha value is -1.92. The Kier molecular flexibility index (Phi) is 3.94. The van der Waals surface area contributed by atoms with Gasteiger partial charge in [0.25, 0.3) is 5.91 Å². The molecule has 6 heteroatoms. The number of nitrogens with one attached hydrogen (secondary N) is 2. The number of nitrogens with zero attached hydrogens (tertiary/aromatic N) is 2. The molecule has 1 amide bonds. The molecule has 1 fully saturated rings. The molecule has 0 aliphatic carbocycles. The van der Waals surface area contributed by atoms with E-state index in [0.29, 0.717) is 4.88 Å². The zero-order chi connectivity index (χ0) is 13.8. The van der Waals surface area contributed by atoms with Crippen molar-refractivity contribution in [2.24, 2.45) is 0 Å². The second-order valence-electron chi connectivity index (χ2n) is 4.57. The van der Waals surface area contributed by atoms with E-state index in [2.05, 4.69) is 20.5 Å². The van der Waals surface area contributed by atoms with Gasteiger partial charge in [0.1, 0.15) is 5.82 Å². The van der Waals surface area contributed by atoms with Crippen LogP contribution < -0.4 is 15.5 Å². The summed E-state index contributed by atoms with van der Waals surface area (Å²) in [6, 6.07) is 7.53. The van der Waals surface area contributed by atoms with Gasteiger partial charge < -0.3 is 15.5 Å². The highest BCUT2D eigenvalue weighted by Crippen LogP contribution is 2.16. The van der Waals surface area contributed by atoms with Gasteiger partial charge in [-0.05, 0) is 23.6 Å². The monoisotopic (exact) mass is 288 g/mol. The molecule has 1 aliphatic heterocycles. The molecule has 0 bridgehead atoms. The summed E-state index contributed by atoms with van der Waals surface area (Å²) in [6.45, 7) is 3.90. The molecule has 0 saturated carbocycles. The molecule has 1 aliphatic rings. The van der Waals surface area contributed by atoms with E-state index in [4.69, 9.17) is 0 Å². The molecule has 0 radical (unpaired) electrons. The van der Waals surface area contributed by atoms with Crippen LogP contribution in [0.25, 0.3) is 0 Å². The van der Waals surface area contributed by atoms with E-state index >= 15 is 0 Å². The average Bonchev–Trinajstić information content (AvgIpc) is 3.03. The Morgan fingerprint density at radius 1 is 1.30 bits per heavy atom. The summed E-state index contributed by atoms with van der Waals surface area (Å²) in [7, 11) is 0. The fourth-order valence-corrected chi connectivity index (χ4v) is 2.76. The molecule has 2 N–H and O–H groups in total. The van der Waals surface area contributed by atoms with Gasteiger partial charge in [-0.15, -0.1) is 11.3 Å². The van der Waals surface area contributed by atoms with Crippen molar-refractivity contribution in [3.63, 3.8) is 0 Å². The summed E-state index contributed by atoms with van der Waals surface area (Å²) >= 11 is 1.43. The SMILES string of the molecule is O=C(Nc1ccc(N2CCNCC2)nc1)c1cccs1. The van der Waals surface area contributed by atoms with Gasteiger partial charge in [0.15, 0.2) is 0 Å². The minimum absolute atomic E-state index is 0.0864. The van der Waals surface area contributed by atoms with Crippen molar-refractivity contribution in [1.29, 1.82) is 0 Å². The van der Waals surface area contributed by atoms with Crippen LogP contribution >= 0.6 is 11.3 Å². The van der Waals surface area contributed by atoms with Gasteiger partial charge in [-0.1, -0.05) is 6.07 Å². The summed E-state index contributed by atoms with van der Waals surface area (Å²) in [6.07, 6.45) is 1.71. The molecule has 0 aromatic carbocycles. The topological polar surface area (TPSA) is 57.3 Å². The van der Waals surface area contributed by atoms with E-state index < -0.39 is 0 Å². The fourth-order valence-electron chi connectivity index (χ4n) is 2.14.